The Labute approximate surface area is 269 Å². The van der Waals surface area contributed by atoms with E-state index in [0.29, 0.717) is 24.4 Å². The third kappa shape index (κ3) is 22.5. The van der Waals surface area contributed by atoms with Crippen molar-refractivity contribution in [3.63, 3.8) is 0 Å². The first-order valence-electron chi connectivity index (χ1n) is 19.5. The van der Waals surface area contributed by atoms with Crippen molar-refractivity contribution in [3.8, 4) is 0 Å². The van der Waals surface area contributed by atoms with Gasteiger partial charge < -0.3 is 14.2 Å². The van der Waals surface area contributed by atoms with Crippen LogP contribution < -0.4 is 0 Å². The number of unbranched alkanes of at least 4 members (excludes halogenated alkanes) is 14. The lowest BCUT2D eigenvalue weighted by atomic mass is 10.0. The van der Waals surface area contributed by atoms with Gasteiger partial charge in [0.15, 0.2) is 0 Å². The second kappa shape index (κ2) is 28.8. The molecule has 2 saturated heterocycles. The number of hydrogen-bond acceptors (Lipinski definition) is 3. The minimum Gasteiger partial charge on any atom is -0.378 e. The molecule has 0 radical (unpaired) electrons. The topological polar surface area (TPSA) is 27.7 Å². The largest absolute Gasteiger partial charge is 0.378 e. The van der Waals surface area contributed by atoms with Crippen LogP contribution in [0.25, 0.3) is 0 Å². The lowest BCUT2D eigenvalue weighted by molar-refractivity contribution is -0.0557. The second-order valence-corrected chi connectivity index (χ2v) is 13.7. The summed E-state index contributed by atoms with van der Waals surface area (Å²) in [5.74, 6) is 0. The van der Waals surface area contributed by atoms with Gasteiger partial charge in [-0.25, -0.2) is 0 Å². The molecule has 252 valence electrons. The molecule has 43 heavy (non-hydrogen) atoms. The lowest BCUT2D eigenvalue weighted by Gasteiger charge is -2.26. The predicted octanol–water partition coefficient (Wildman–Crippen LogP) is 12.6. The van der Waals surface area contributed by atoms with Gasteiger partial charge in [-0.3, -0.25) is 0 Å². The van der Waals surface area contributed by atoms with Crippen LogP contribution in [0.1, 0.15) is 194 Å². The van der Waals surface area contributed by atoms with Crippen LogP contribution in [0.4, 0.5) is 0 Å². The Hall–Kier alpha value is -0.640. The first-order chi connectivity index (χ1) is 21.3. The van der Waals surface area contributed by atoms with E-state index in [1.54, 1.807) is 0 Å². The first-order valence-corrected chi connectivity index (χ1v) is 19.5. The maximum Gasteiger partial charge on any atom is 0.0597 e. The molecule has 0 spiro atoms. The summed E-state index contributed by atoms with van der Waals surface area (Å²) in [6.45, 7) is 6.63. The van der Waals surface area contributed by atoms with Crippen LogP contribution in [-0.4, -0.2) is 37.6 Å². The van der Waals surface area contributed by atoms with Crippen LogP contribution in [0.5, 0.6) is 0 Å². The molecule has 2 rings (SSSR count). The molecule has 0 amide bonds. The van der Waals surface area contributed by atoms with Crippen LogP contribution in [0.2, 0.25) is 0 Å². The Morgan fingerprint density at radius 1 is 0.488 bits per heavy atom. The van der Waals surface area contributed by atoms with Crippen molar-refractivity contribution in [2.24, 2.45) is 0 Å². The lowest BCUT2D eigenvalue weighted by Crippen LogP contribution is -2.26. The molecule has 0 aromatic rings. The molecule has 0 aliphatic carbocycles. The summed E-state index contributed by atoms with van der Waals surface area (Å²) in [7, 11) is 0. The summed E-state index contributed by atoms with van der Waals surface area (Å²) < 4.78 is 17.9. The summed E-state index contributed by atoms with van der Waals surface area (Å²) >= 11 is 0. The standard InChI is InChI=1S/C40H74O3/c1-3-5-27-39(31-25-21-17-13-9-7-11-15-19-23-29-37-33-35-41-37)43-40(28-6-4-2)32-26-22-18-14-10-8-12-16-20-24-30-38-34-36-42-38/h13-14,17-18,37-40H,3-12,15-16,19-36H2,1-2H3/b17-13-,18-14-. The Balaban J connectivity index is 1.49. The van der Waals surface area contributed by atoms with Gasteiger partial charge in [0.2, 0.25) is 0 Å². The van der Waals surface area contributed by atoms with Gasteiger partial charge in [0.05, 0.1) is 24.4 Å². The number of rotatable bonds is 32. The highest BCUT2D eigenvalue weighted by Gasteiger charge is 2.18. The zero-order valence-corrected chi connectivity index (χ0v) is 29.1. The van der Waals surface area contributed by atoms with Gasteiger partial charge in [0, 0.05) is 13.2 Å². The van der Waals surface area contributed by atoms with E-state index >= 15 is 0 Å². The van der Waals surface area contributed by atoms with Gasteiger partial charge >= 0.3 is 0 Å². The molecule has 2 aliphatic rings. The second-order valence-electron chi connectivity index (χ2n) is 13.7. The van der Waals surface area contributed by atoms with Crippen molar-refractivity contribution < 1.29 is 14.2 Å². The summed E-state index contributed by atoms with van der Waals surface area (Å²) in [5, 5.41) is 0. The molecule has 4 unspecified atom stereocenters. The average Bonchev–Trinajstić information content (AvgIpc) is 2.96. The molecule has 0 aromatic heterocycles. The predicted molar refractivity (Wildman–Crippen MR) is 187 cm³/mol. The van der Waals surface area contributed by atoms with Crippen LogP contribution >= 0.6 is 0 Å². The molecule has 4 atom stereocenters. The SMILES string of the molecule is CCCCC(CCC/C=C\CCCCCCCC1CCO1)OC(CCCC)CCC/C=C\CCCCCCCC1CCO1. The first kappa shape index (κ1) is 38.5. The van der Waals surface area contributed by atoms with Gasteiger partial charge in [0.1, 0.15) is 0 Å². The summed E-state index contributed by atoms with van der Waals surface area (Å²) in [5.41, 5.74) is 0. The van der Waals surface area contributed by atoms with E-state index < -0.39 is 0 Å². The van der Waals surface area contributed by atoms with E-state index in [1.165, 1.54) is 180 Å². The van der Waals surface area contributed by atoms with Crippen molar-refractivity contribution >= 4 is 0 Å². The monoisotopic (exact) mass is 603 g/mol. The third-order valence-electron chi connectivity index (χ3n) is 9.65. The maximum absolute atomic E-state index is 6.83. The third-order valence-corrected chi connectivity index (χ3v) is 9.65. The fourth-order valence-corrected chi connectivity index (χ4v) is 6.45. The molecule has 3 heteroatoms. The van der Waals surface area contributed by atoms with Gasteiger partial charge in [-0.05, 0) is 103 Å². The molecule has 0 bridgehead atoms. The number of allylic oxidation sites excluding steroid dienone is 4. The van der Waals surface area contributed by atoms with Crippen molar-refractivity contribution in [1.82, 2.24) is 0 Å². The highest BCUT2D eigenvalue weighted by molar-refractivity contribution is 4.83. The molecule has 0 saturated carbocycles. The van der Waals surface area contributed by atoms with E-state index in [2.05, 4.69) is 38.2 Å². The Morgan fingerprint density at radius 3 is 1.21 bits per heavy atom. The fraction of sp³-hybridized carbons (Fsp3) is 0.900. The van der Waals surface area contributed by atoms with E-state index in [0.717, 1.165) is 13.2 Å². The van der Waals surface area contributed by atoms with Crippen LogP contribution in [0.3, 0.4) is 0 Å². The van der Waals surface area contributed by atoms with Crippen molar-refractivity contribution in [2.45, 2.75) is 218 Å². The van der Waals surface area contributed by atoms with Crippen LogP contribution in [-0.2, 0) is 14.2 Å². The molecular formula is C40H74O3. The van der Waals surface area contributed by atoms with Crippen molar-refractivity contribution in [2.75, 3.05) is 13.2 Å². The molecule has 0 N–H and O–H groups in total. The van der Waals surface area contributed by atoms with E-state index in [9.17, 15) is 0 Å². The minimum absolute atomic E-state index is 0.456. The van der Waals surface area contributed by atoms with Gasteiger partial charge in [0.25, 0.3) is 0 Å². The minimum atomic E-state index is 0.456. The number of hydrogen-bond donors (Lipinski definition) is 0. The highest BCUT2D eigenvalue weighted by atomic mass is 16.5. The molecular weight excluding hydrogens is 528 g/mol. The Morgan fingerprint density at radius 2 is 0.837 bits per heavy atom. The van der Waals surface area contributed by atoms with E-state index in [-0.39, 0.29) is 0 Å². The Kier molecular flexibility index (Phi) is 25.8. The van der Waals surface area contributed by atoms with Crippen molar-refractivity contribution in [1.29, 1.82) is 0 Å². The molecule has 2 fully saturated rings. The van der Waals surface area contributed by atoms with E-state index in [1.807, 2.05) is 0 Å². The summed E-state index contributed by atoms with van der Waals surface area (Å²) in [6, 6.07) is 0. The average molecular weight is 603 g/mol. The maximum atomic E-state index is 6.83. The molecule has 2 aliphatic heterocycles. The normalized spacial score (nSPS) is 20.0. The van der Waals surface area contributed by atoms with Crippen LogP contribution in [0, 0.1) is 0 Å². The van der Waals surface area contributed by atoms with Gasteiger partial charge in [-0.15, -0.1) is 0 Å². The summed E-state index contributed by atoms with van der Waals surface area (Å²) in [6.07, 6.45) is 48.3. The Bertz CT molecular complexity index is 582. The molecule has 2 heterocycles. The van der Waals surface area contributed by atoms with Crippen LogP contribution in [0.15, 0.2) is 24.3 Å². The highest BCUT2D eigenvalue weighted by Crippen LogP contribution is 2.22. The number of ether oxygens (including phenoxy) is 3. The quantitative estimate of drug-likeness (QED) is 0.0566. The van der Waals surface area contributed by atoms with Crippen molar-refractivity contribution in [3.05, 3.63) is 24.3 Å². The van der Waals surface area contributed by atoms with Gasteiger partial charge in [-0.2, -0.15) is 0 Å². The van der Waals surface area contributed by atoms with Gasteiger partial charge in [-0.1, -0.05) is 115 Å². The smallest absolute Gasteiger partial charge is 0.0597 e. The fourth-order valence-electron chi connectivity index (χ4n) is 6.45. The zero-order chi connectivity index (χ0) is 30.5. The summed E-state index contributed by atoms with van der Waals surface area (Å²) in [4.78, 5) is 0. The molecule has 3 nitrogen and oxygen atoms in total. The zero-order valence-electron chi connectivity index (χ0n) is 29.1. The van der Waals surface area contributed by atoms with E-state index in [4.69, 9.17) is 14.2 Å². The molecule has 0 aromatic carbocycles.